The minimum atomic E-state index is -0.583. The number of carbonyl (C=O) groups excluding carboxylic acids is 4. The Labute approximate surface area is 422 Å². The van der Waals surface area contributed by atoms with E-state index in [2.05, 4.69) is 43.4 Å². The van der Waals surface area contributed by atoms with Crippen molar-refractivity contribution in [3.05, 3.63) is 125 Å². The van der Waals surface area contributed by atoms with Gasteiger partial charge in [-0.1, -0.05) is 65.5 Å². The van der Waals surface area contributed by atoms with Gasteiger partial charge >= 0.3 is 0 Å². The number of methoxy groups -OCH3 is 1. The molecule has 0 aliphatic rings. The molecule has 7 aromatic rings. The number of aryl methyl sites for hydroxylation is 4. The number of fused-ring (bicyclic) bond motifs is 2. The first kappa shape index (κ1) is 58.3. The van der Waals surface area contributed by atoms with E-state index < -0.39 is 5.91 Å². The van der Waals surface area contributed by atoms with Crippen molar-refractivity contribution >= 4 is 64.0 Å². The van der Waals surface area contributed by atoms with Crippen LogP contribution in [0.2, 0.25) is 0 Å². The van der Waals surface area contributed by atoms with E-state index in [0.717, 1.165) is 48.2 Å². The van der Waals surface area contributed by atoms with Crippen LogP contribution in [0.1, 0.15) is 114 Å². The number of amides is 2. The molecule has 0 saturated heterocycles. The van der Waals surface area contributed by atoms with Gasteiger partial charge in [0.2, 0.25) is 17.8 Å². The van der Waals surface area contributed by atoms with Crippen molar-refractivity contribution in [3.63, 3.8) is 0 Å². The third kappa shape index (κ3) is 14.7. The Balaban J connectivity index is 0.000000743. The molecule has 0 radical (unpaired) electrons. The largest absolute Gasteiger partial charge is 0.494 e. The fourth-order valence-electron chi connectivity index (χ4n) is 7.33. The molecule has 3 aromatic carbocycles. The van der Waals surface area contributed by atoms with E-state index in [-0.39, 0.29) is 24.0 Å². The third-order valence-corrected chi connectivity index (χ3v) is 10.6. The van der Waals surface area contributed by atoms with Crippen LogP contribution in [0.25, 0.3) is 22.1 Å². The zero-order chi connectivity index (χ0) is 53.5. The van der Waals surface area contributed by atoms with Gasteiger partial charge in [0.15, 0.2) is 6.29 Å². The van der Waals surface area contributed by atoms with Crippen molar-refractivity contribution < 1.29 is 28.7 Å². The first-order valence-electron chi connectivity index (χ1n) is 24.1. The normalized spacial score (nSPS) is 10.4. The number of allylic oxidation sites excluding steroid dienone is 3. The highest BCUT2D eigenvalue weighted by molar-refractivity contribution is 6.03. The van der Waals surface area contributed by atoms with Crippen LogP contribution < -0.4 is 36.9 Å². The maximum atomic E-state index is 13.7. The molecule has 0 spiro atoms. The van der Waals surface area contributed by atoms with Crippen molar-refractivity contribution in [1.82, 2.24) is 38.7 Å². The highest BCUT2D eigenvalue weighted by Crippen LogP contribution is 2.33. The van der Waals surface area contributed by atoms with E-state index in [0.29, 0.717) is 88.3 Å². The number of aldehydes is 2. The summed E-state index contributed by atoms with van der Waals surface area (Å²) in [6.07, 6.45) is 6.90. The molecular formula is C53H73N13O6. The molecule has 19 heteroatoms. The third-order valence-electron chi connectivity index (χ3n) is 10.6. The molecule has 7 N–H and O–H groups in total. The summed E-state index contributed by atoms with van der Waals surface area (Å²) in [5.41, 5.74) is 18.7. The van der Waals surface area contributed by atoms with E-state index in [4.69, 9.17) is 20.2 Å². The van der Waals surface area contributed by atoms with Gasteiger partial charge in [0.25, 0.3) is 5.91 Å². The fraction of sp³-hybridized carbons (Fsp3) is 0.358. The Morgan fingerprint density at radius 1 is 0.750 bits per heavy atom. The van der Waals surface area contributed by atoms with Gasteiger partial charge < -0.3 is 40.7 Å². The SMILES string of the molecule is C=C(CC)Nc1ccc(CCOc2cc(C=O)cc3nc(NC(=O)c4cc(C)nn4CC)n(C/C=C/Cn4c(NC)nc5cc(C(N)=O)cc(OC)c54)c23)cc1.CC.CC.CCn1nc(C)cc1C=O.CN. The molecule has 0 atom stereocenters. The number of nitrogens with two attached hydrogens (primary N) is 2. The van der Waals surface area contributed by atoms with Gasteiger partial charge in [0.1, 0.15) is 40.2 Å². The molecule has 2 amide bonds. The number of primary amides is 1. The number of aromatic nitrogens is 8. The van der Waals surface area contributed by atoms with Gasteiger partial charge in [-0.3, -0.25) is 33.9 Å². The second-order valence-electron chi connectivity index (χ2n) is 15.2. The van der Waals surface area contributed by atoms with Crippen molar-refractivity contribution in [3.8, 4) is 11.5 Å². The summed E-state index contributed by atoms with van der Waals surface area (Å²) in [5.74, 6) is 0.769. The summed E-state index contributed by atoms with van der Waals surface area (Å²) >= 11 is 0. The van der Waals surface area contributed by atoms with Gasteiger partial charge in [0.05, 0.1) is 36.1 Å². The number of hydrogen-bond donors (Lipinski definition) is 5. The van der Waals surface area contributed by atoms with Crippen LogP contribution in [-0.2, 0) is 32.6 Å². The average Bonchev–Trinajstić information content (AvgIpc) is 4.18. The van der Waals surface area contributed by atoms with Crippen LogP contribution in [0.3, 0.4) is 0 Å². The van der Waals surface area contributed by atoms with Crippen molar-refractivity contribution in [2.75, 3.05) is 43.8 Å². The quantitative estimate of drug-likeness (QED) is 0.0354. The van der Waals surface area contributed by atoms with Crippen molar-refractivity contribution in [2.24, 2.45) is 11.5 Å². The highest BCUT2D eigenvalue weighted by Gasteiger charge is 2.22. The zero-order valence-corrected chi connectivity index (χ0v) is 43.9. The lowest BCUT2D eigenvalue weighted by atomic mass is 10.1. The number of hydrogen-bond acceptors (Lipinski definition) is 13. The molecule has 7 rings (SSSR count). The van der Waals surface area contributed by atoms with E-state index in [9.17, 15) is 19.2 Å². The van der Waals surface area contributed by atoms with Gasteiger partial charge in [-0.2, -0.15) is 10.2 Å². The predicted octanol–water partition coefficient (Wildman–Crippen LogP) is 8.99. The van der Waals surface area contributed by atoms with Crippen molar-refractivity contribution in [2.45, 2.75) is 101 Å². The number of benzene rings is 3. The minimum absolute atomic E-state index is 0.269. The van der Waals surface area contributed by atoms with Gasteiger partial charge in [-0.05, 0) is 95.3 Å². The van der Waals surface area contributed by atoms with Crippen LogP contribution in [0.15, 0.2) is 85.1 Å². The van der Waals surface area contributed by atoms with E-state index in [1.165, 1.54) is 14.2 Å². The molecular weight excluding hydrogens is 915 g/mol. The van der Waals surface area contributed by atoms with Crippen LogP contribution in [-0.4, -0.2) is 90.9 Å². The van der Waals surface area contributed by atoms with Gasteiger partial charge in [-0.15, -0.1) is 0 Å². The second kappa shape index (κ2) is 29.2. The molecule has 0 saturated carbocycles. The number of anilines is 3. The van der Waals surface area contributed by atoms with Crippen molar-refractivity contribution in [1.29, 1.82) is 0 Å². The topological polar surface area (TPSA) is 246 Å². The second-order valence-corrected chi connectivity index (χ2v) is 15.2. The summed E-state index contributed by atoms with van der Waals surface area (Å²) in [5, 5.41) is 17.9. The number of nitrogens with one attached hydrogen (secondary N) is 3. The minimum Gasteiger partial charge on any atom is -0.494 e. The summed E-state index contributed by atoms with van der Waals surface area (Å²) < 4.78 is 19.1. The summed E-state index contributed by atoms with van der Waals surface area (Å²) in [4.78, 5) is 57.5. The van der Waals surface area contributed by atoms with Gasteiger partial charge in [0, 0.05) is 62.2 Å². The zero-order valence-electron chi connectivity index (χ0n) is 43.9. The Morgan fingerprint density at radius 3 is 1.89 bits per heavy atom. The lowest BCUT2D eigenvalue weighted by molar-refractivity contribution is 0.0995. The lowest BCUT2D eigenvalue weighted by Crippen LogP contribution is -2.20. The number of imidazole rings is 2. The standard InChI is InChI=1S/C41H46N10O5.C7H10N2O.2C2H6.CH5N/c1-7-25(3)44-30-13-11-27(12-14-30)15-18-56-35-21-28(24-52)20-31-37(35)50(41(46-31)47-39(54)33-19-26(4)48-51(33)8-2)17-10-9-16-49-36-32(45-40(49)43-5)22-29(38(42)53)23-34(36)55-6;1-3-9-7(5-10)4-6(2)8-9;3*1-2/h9-14,19-24,44H,3,7-8,15-18H2,1-2,4-6H3,(H2,42,53)(H,43,45)(H,46,47,54);4-5H,3H2,1-2H3;2*1-2H3;2H2,1H3/b10-9+;;;;. The van der Waals surface area contributed by atoms with E-state index >= 15 is 0 Å². The molecule has 4 heterocycles. The van der Waals surface area contributed by atoms with Crippen LogP contribution in [0.4, 0.5) is 17.6 Å². The first-order chi connectivity index (χ1) is 34.8. The molecule has 19 nitrogen and oxygen atoms in total. The average molecular weight is 988 g/mol. The first-order valence-corrected chi connectivity index (χ1v) is 24.1. The maximum absolute atomic E-state index is 13.7. The van der Waals surface area contributed by atoms with Gasteiger partial charge in [-0.25, -0.2) is 9.97 Å². The van der Waals surface area contributed by atoms with Crippen LogP contribution >= 0.6 is 0 Å². The summed E-state index contributed by atoms with van der Waals surface area (Å²) in [6.45, 7) is 23.9. The Bertz CT molecular complexity index is 2920. The van der Waals surface area contributed by atoms with Crippen LogP contribution in [0, 0.1) is 13.8 Å². The Hall–Kier alpha value is -8.06. The number of ether oxygens (including phenoxy) is 2. The maximum Gasteiger partial charge on any atom is 0.276 e. The molecule has 0 unspecified atom stereocenters. The molecule has 4 aromatic heterocycles. The number of carbonyl (C=O) groups is 4. The molecule has 0 aliphatic heterocycles. The monoisotopic (exact) mass is 988 g/mol. The fourth-order valence-corrected chi connectivity index (χ4v) is 7.33. The predicted molar refractivity (Wildman–Crippen MR) is 289 cm³/mol. The lowest BCUT2D eigenvalue weighted by Gasteiger charge is -2.13. The smallest absolute Gasteiger partial charge is 0.276 e. The molecule has 0 bridgehead atoms. The molecule has 0 aliphatic carbocycles. The van der Waals surface area contributed by atoms with Crippen LogP contribution in [0.5, 0.6) is 11.5 Å². The number of rotatable bonds is 20. The summed E-state index contributed by atoms with van der Waals surface area (Å²) in [6, 6.07) is 18.2. The number of nitrogens with zero attached hydrogens (tertiary/aromatic N) is 8. The Morgan fingerprint density at radius 2 is 1.33 bits per heavy atom. The molecule has 72 heavy (non-hydrogen) atoms. The molecule has 386 valence electrons. The Kier molecular flexibility index (Phi) is 23.6. The van der Waals surface area contributed by atoms with E-state index in [1.54, 1.807) is 52.8 Å². The summed E-state index contributed by atoms with van der Waals surface area (Å²) in [7, 11) is 4.78. The van der Waals surface area contributed by atoms with E-state index in [1.807, 2.05) is 108 Å². The molecule has 0 fully saturated rings. The highest BCUT2D eigenvalue weighted by atomic mass is 16.5.